The maximum atomic E-state index is 12.5. The molecule has 3 rings (SSSR count). The van der Waals surface area contributed by atoms with Crippen molar-refractivity contribution in [3.63, 3.8) is 0 Å². The summed E-state index contributed by atoms with van der Waals surface area (Å²) in [5.74, 6) is -0.674. The molecule has 0 radical (unpaired) electrons. The molecule has 1 aliphatic heterocycles. The molecule has 0 unspecified atom stereocenters. The summed E-state index contributed by atoms with van der Waals surface area (Å²) in [6, 6.07) is 8.44. The van der Waals surface area contributed by atoms with E-state index in [2.05, 4.69) is 15.0 Å². The van der Waals surface area contributed by atoms with Crippen molar-refractivity contribution in [2.75, 3.05) is 33.4 Å². The number of pyridine rings is 1. The van der Waals surface area contributed by atoms with Crippen molar-refractivity contribution in [3.05, 3.63) is 58.1 Å². The molecule has 27 heavy (non-hydrogen) atoms. The van der Waals surface area contributed by atoms with Gasteiger partial charge in [0, 0.05) is 35.3 Å². The molecule has 0 atom stereocenters. The molecule has 9 heteroatoms. The minimum atomic E-state index is -0.625. The van der Waals surface area contributed by atoms with Crippen molar-refractivity contribution in [2.45, 2.75) is 0 Å². The Balaban J connectivity index is 1.87. The number of esters is 1. The van der Waals surface area contributed by atoms with E-state index >= 15 is 0 Å². The number of ether oxygens (including phenoxy) is 2. The van der Waals surface area contributed by atoms with Gasteiger partial charge in [0.15, 0.2) is 0 Å². The minimum absolute atomic E-state index is 0.0493. The van der Waals surface area contributed by atoms with Gasteiger partial charge in [-0.2, -0.15) is 0 Å². The van der Waals surface area contributed by atoms with Crippen LogP contribution in [0.5, 0.6) is 0 Å². The molecule has 0 bridgehead atoms. The van der Waals surface area contributed by atoms with Crippen molar-refractivity contribution < 1.29 is 19.1 Å². The molecule has 1 aromatic carbocycles. The molecule has 1 amide bonds. The van der Waals surface area contributed by atoms with E-state index in [-0.39, 0.29) is 17.2 Å². The minimum Gasteiger partial charge on any atom is -0.465 e. The van der Waals surface area contributed by atoms with Crippen molar-refractivity contribution in [1.29, 1.82) is 0 Å². The second-order valence-electron chi connectivity index (χ2n) is 5.75. The average Bonchev–Trinajstić information content (AvgIpc) is 2.74. The summed E-state index contributed by atoms with van der Waals surface area (Å²) in [7, 11) is 1.24. The van der Waals surface area contributed by atoms with Crippen LogP contribution in [0.25, 0.3) is 21.7 Å². The quantitative estimate of drug-likeness (QED) is 0.356. The van der Waals surface area contributed by atoms with Crippen LogP contribution in [0.3, 0.4) is 0 Å². The zero-order valence-electron chi connectivity index (χ0n) is 14.7. The predicted octanol–water partition coefficient (Wildman–Crippen LogP) is 2.95. The molecule has 0 N–H and O–H groups in total. The lowest BCUT2D eigenvalue weighted by Crippen LogP contribution is -2.40. The monoisotopic (exact) mass is 367 g/mol. The number of morpholine rings is 1. The molecular formula is C18H17N5O4. The number of azide groups is 1. The molecule has 9 nitrogen and oxygen atoms in total. The fraction of sp³-hybridized carbons (Fsp3) is 0.278. The third kappa shape index (κ3) is 4.05. The van der Waals surface area contributed by atoms with Gasteiger partial charge in [-0.25, -0.2) is 4.79 Å². The van der Waals surface area contributed by atoms with Crippen LogP contribution in [0, 0.1) is 0 Å². The molecule has 2 heterocycles. The van der Waals surface area contributed by atoms with Crippen LogP contribution >= 0.6 is 0 Å². The van der Waals surface area contributed by atoms with Gasteiger partial charge in [-0.15, -0.1) is 0 Å². The highest BCUT2D eigenvalue weighted by Crippen LogP contribution is 2.26. The number of benzene rings is 1. The number of hydrogen-bond donors (Lipinski definition) is 0. The van der Waals surface area contributed by atoms with Crippen molar-refractivity contribution in [2.24, 2.45) is 5.11 Å². The van der Waals surface area contributed by atoms with E-state index in [0.717, 1.165) is 0 Å². The highest BCUT2D eigenvalue weighted by molar-refractivity contribution is 5.96. The Morgan fingerprint density at radius 1 is 1.26 bits per heavy atom. The van der Waals surface area contributed by atoms with Gasteiger partial charge in [-0.05, 0) is 23.7 Å². The first kappa shape index (κ1) is 18.4. The summed E-state index contributed by atoms with van der Waals surface area (Å²) in [6.07, 6.45) is 1.31. The van der Waals surface area contributed by atoms with Gasteiger partial charge in [-0.1, -0.05) is 17.2 Å². The van der Waals surface area contributed by atoms with Crippen molar-refractivity contribution in [1.82, 2.24) is 9.88 Å². The van der Waals surface area contributed by atoms with Gasteiger partial charge in [0.1, 0.15) is 0 Å². The van der Waals surface area contributed by atoms with Gasteiger partial charge in [-0.3, -0.25) is 9.78 Å². The molecule has 2 aromatic rings. The standard InChI is InChI=1S/C18H17N5O4/c1-26-18(25)14-10-15(20-11-16(14)21-22-19)12-2-4-13(5-3-12)17(24)23-6-8-27-9-7-23/h2-5,10-11H,6-9H2,1H3. The number of carbonyl (C=O) groups excluding carboxylic acids is 2. The number of carbonyl (C=O) groups is 2. The van der Waals surface area contributed by atoms with Crippen molar-refractivity contribution >= 4 is 17.6 Å². The first-order valence-corrected chi connectivity index (χ1v) is 8.25. The summed E-state index contributed by atoms with van der Waals surface area (Å²) in [5.41, 5.74) is 10.6. The molecule has 1 aliphatic rings. The van der Waals surface area contributed by atoms with E-state index in [4.69, 9.17) is 15.0 Å². The molecule has 1 aromatic heterocycles. The van der Waals surface area contributed by atoms with Crippen LogP contribution in [-0.4, -0.2) is 55.2 Å². The van der Waals surface area contributed by atoms with E-state index in [1.165, 1.54) is 19.4 Å². The lowest BCUT2D eigenvalue weighted by molar-refractivity contribution is 0.0303. The molecule has 1 fully saturated rings. The topological polar surface area (TPSA) is 117 Å². The maximum Gasteiger partial charge on any atom is 0.338 e. The van der Waals surface area contributed by atoms with Crippen LogP contribution in [0.2, 0.25) is 0 Å². The summed E-state index contributed by atoms with van der Waals surface area (Å²) >= 11 is 0. The number of hydrogen-bond acceptors (Lipinski definition) is 6. The van der Waals surface area contributed by atoms with E-state index < -0.39 is 5.97 Å². The van der Waals surface area contributed by atoms with E-state index in [1.54, 1.807) is 29.2 Å². The second-order valence-corrected chi connectivity index (χ2v) is 5.75. The summed E-state index contributed by atoms with van der Waals surface area (Å²) in [4.78, 5) is 33.1. The molecule has 1 saturated heterocycles. The summed E-state index contributed by atoms with van der Waals surface area (Å²) in [5, 5.41) is 3.46. The largest absolute Gasteiger partial charge is 0.465 e. The Kier molecular flexibility index (Phi) is 5.65. The average molecular weight is 367 g/mol. The van der Waals surface area contributed by atoms with Gasteiger partial charge < -0.3 is 14.4 Å². The number of rotatable bonds is 4. The summed E-state index contributed by atoms with van der Waals surface area (Å²) in [6.45, 7) is 2.24. The number of methoxy groups -OCH3 is 1. The van der Waals surface area contributed by atoms with E-state index in [0.29, 0.717) is 43.1 Å². The highest BCUT2D eigenvalue weighted by Gasteiger charge is 2.19. The smallest absolute Gasteiger partial charge is 0.338 e. The van der Waals surface area contributed by atoms with Crippen LogP contribution < -0.4 is 0 Å². The zero-order chi connectivity index (χ0) is 19.2. The Morgan fingerprint density at radius 2 is 1.96 bits per heavy atom. The number of amides is 1. The SMILES string of the molecule is COC(=O)c1cc(-c2ccc(C(=O)N3CCOCC3)cc2)ncc1N=[N+]=[N-]. The first-order valence-electron chi connectivity index (χ1n) is 8.25. The van der Waals surface area contributed by atoms with Gasteiger partial charge in [0.05, 0.1) is 37.3 Å². The number of aromatic nitrogens is 1. The number of nitrogens with zero attached hydrogens (tertiary/aromatic N) is 5. The third-order valence-electron chi connectivity index (χ3n) is 4.17. The molecular weight excluding hydrogens is 350 g/mol. The Bertz CT molecular complexity index is 900. The fourth-order valence-electron chi connectivity index (χ4n) is 2.74. The molecule has 138 valence electrons. The maximum absolute atomic E-state index is 12.5. The molecule has 0 aliphatic carbocycles. The second kappa shape index (κ2) is 8.31. The normalized spacial score (nSPS) is 13.6. The predicted molar refractivity (Wildman–Crippen MR) is 96.5 cm³/mol. The fourth-order valence-corrected chi connectivity index (χ4v) is 2.74. The Hall–Kier alpha value is -3.42. The van der Waals surface area contributed by atoms with Crippen LogP contribution in [0.1, 0.15) is 20.7 Å². The lowest BCUT2D eigenvalue weighted by atomic mass is 10.1. The third-order valence-corrected chi connectivity index (χ3v) is 4.17. The van der Waals surface area contributed by atoms with E-state index in [1.807, 2.05) is 0 Å². The highest BCUT2D eigenvalue weighted by atomic mass is 16.5. The van der Waals surface area contributed by atoms with Crippen LogP contribution in [-0.2, 0) is 9.47 Å². The Labute approximate surface area is 155 Å². The summed E-state index contributed by atoms with van der Waals surface area (Å²) < 4.78 is 9.98. The van der Waals surface area contributed by atoms with Gasteiger partial charge >= 0.3 is 5.97 Å². The van der Waals surface area contributed by atoms with Gasteiger partial charge in [0.25, 0.3) is 5.91 Å². The first-order chi connectivity index (χ1) is 13.1. The lowest BCUT2D eigenvalue weighted by Gasteiger charge is -2.26. The molecule has 0 saturated carbocycles. The van der Waals surface area contributed by atoms with Crippen LogP contribution in [0.4, 0.5) is 5.69 Å². The van der Waals surface area contributed by atoms with Gasteiger partial charge in [0.2, 0.25) is 0 Å². The zero-order valence-corrected chi connectivity index (χ0v) is 14.7. The van der Waals surface area contributed by atoms with Crippen LogP contribution in [0.15, 0.2) is 41.6 Å². The van der Waals surface area contributed by atoms with Crippen molar-refractivity contribution in [3.8, 4) is 11.3 Å². The Morgan fingerprint density at radius 3 is 2.59 bits per heavy atom. The van der Waals surface area contributed by atoms with E-state index in [9.17, 15) is 9.59 Å². The molecule has 0 spiro atoms.